The van der Waals surface area contributed by atoms with Crippen LogP contribution in [0.15, 0.2) is 12.7 Å². The molecule has 0 unspecified atom stereocenters. The fourth-order valence-electron chi connectivity index (χ4n) is 4.38. The summed E-state index contributed by atoms with van der Waals surface area (Å²) in [6, 6.07) is 11.2. The molecule has 0 saturated heterocycles. The van der Waals surface area contributed by atoms with Gasteiger partial charge < -0.3 is 12.3 Å². The SMILES string of the molecule is C=CCC[Si](O[Si](CC)(CC)CC)(O[Si](CC)(CC)CC)O[Si](CC)(CC)CC. The normalized spacial score (nSPS) is 13.7. The zero-order valence-electron chi connectivity index (χ0n) is 21.3. The molecule has 0 aromatic heterocycles. The molecule has 0 aliphatic carbocycles. The first-order valence-electron chi connectivity index (χ1n) is 12.4. The molecule has 0 bridgehead atoms. The maximum Gasteiger partial charge on any atom is 0.469 e. The predicted octanol–water partition coefficient (Wildman–Crippen LogP) is 8.57. The van der Waals surface area contributed by atoms with E-state index >= 15 is 0 Å². The summed E-state index contributed by atoms with van der Waals surface area (Å²) in [5, 5.41) is 0. The van der Waals surface area contributed by atoms with Gasteiger partial charge in [-0.2, -0.15) is 0 Å². The van der Waals surface area contributed by atoms with Crippen LogP contribution in [0.3, 0.4) is 0 Å². The van der Waals surface area contributed by atoms with Gasteiger partial charge in [0.1, 0.15) is 0 Å². The Morgan fingerprint density at radius 3 is 0.931 bits per heavy atom. The maximum absolute atomic E-state index is 7.35. The minimum absolute atomic E-state index is 0.911. The van der Waals surface area contributed by atoms with E-state index < -0.39 is 33.8 Å². The van der Waals surface area contributed by atoms with E-state index in [-0.39, 0.29) is 0 Å². The average molecular weight is 477 g/mol. The summed E-state index contributed by atoms with van der Waals surface area (Å²) in [5.41, 5.74) is 0. The Morgan fingerprint density at radius 2 is 0.759 bits per heavy atom. The molecule has 29 heavy (non-hydrogen) atoms. The van der Waals surface area contributed by atoms with Crippen molar-refractivity contribution < 1.29 is 12.3 Å². The highest BCUT2D eigenvalue weighted by Gasteiger charge is 2.54. The van der Waals surface area contributed by atoms with E-state index in [0.29, 0.717) is 0 Å². The lowest BCUT2D eigenvalue weighted by Crippen LogP contribution is -2.64. The van der Waals surface area contributed by atoms with Crippen LogP contribution >= 0.6 is 0 Å². The van der Waals surface area contributed by atoms with Gasteiger partial charge >= 0.3 is 8.80 Å². The highest BCUT2D eigenvalue weighted by molar-refractivity contribution is 6.92. The molecule has 7 heteroatoms. The maximum atomic E-state index is 7.35. The Hall–Kier alpha value is 0.488. The summed E-state index contributed by atoms with van der Waals surface area (Å²) in [5.74, 6) is 0. The smallest absolute Gasteiger partial charge is 0.416 e. The molecule has 0 spiro atoms. The molecule has 0 heterocycles. The molecule has 0 rings (SSSR count). The second-order valence-electron chi connectivity index (χ2n) is 8.55. The van der Waals surface area contributed by atoms with Gasteiger partial charge in [0.15, 0.2) is 25.0 Å². The quantitative estimate of drug-likeness (QED) is 0.146. The van der Waals surface area contributed by atoms with Crippen molar-refractivity contribution in [3.63, 3.8) is 0 Å². The highest BCUT2D eigenvalue weighted by Crippen LogP contribution is 2.39. The van der Waals surface area contributed by atoms with E-state index in [9.17, 15) is 0 Å². The van der Waals surface area contributed by atoms with E-state index in [0.717, 1.165) is 66.9 Å². The average Bonchev–Trinajstić information content (AvgIpc) is 2.78. The third-order valence-corrected chi connectivity index (χ3v) is 29.0. The summed E-state index contributed by atoms with van der Waals surface area (Å²) >= 11 is 0. The van der Waals surface area contributed by atoms with Crippen LogP contribution in [-0.2, 0) is 12.3 Å². The zero-order chi connectivity index (χ0) is 22.6. The van der Waals surface area contributed by atoms with Crippen LogP contribution in [0, 0.1) is 0 Å². The van der Waals surface area contributed by atoms with Crippen molar-refractivity contribution in [2.75, 3.05) is 0 Å². The molecule has 174 valence electrons. The Bertz CT molecular complexity index is 367. The first-order chi connectivity index (χ1) is 13.7. The predicted molar refractivity (Wildman–Crippen MR) is 140 cm³/mol. The van der Waals surface area contributed by atoms with E-state index in [4.69, 9.17) is 12.3 Å². The fourth-order valence-corrected chi connectivity index (χ4v) is 25.4. The Balaban J connectivity index is 6.50. The van der Waals surface area contributed by atoms with Crippen LogP contribution in [0.25, 0.3) is 0 Å². The Labute approximate surface area is 187 Å². The highest BCUT2D eigenvalue weighted by atomic mass is 28.5. The van der Waals surface area contributed by atoms with Crippen LogP contribution in [0.5, 0.6) is 0 Å². The molecular formula is C22H52O3Si4. The molecule has 0 aromatic rings. The minimum Gasteiger partial charge on any atom is -0.416 e. The molecule has 0 radical (unpaired) electrons. The van der Waals surface area contributed by atoms with Gasteiger partial charge in [-0.15, -0.1) is 6.58 Å². The second kappa shape index (κ2) is 13.8. The van der Waals surface area contributed by atoms with Gasteiger partial charge in [-0.3, -0.25) is 0 Å². The van der Waals surface area contributed by atoms with Crippen LogP contribution in [0.2, 0.25) is 60.4 Å². The number of allylic oxidation sites excluding steroid dienone is 1. The van der Waals surface area contributed by atoms with Gasteiger partial charge in [0.25, 0.3) is 0 Å². The summed E-state index contributed by atoms with van der Waals surface area (Å²) in [4.78, 5) is 0. The molecule has 0 amide bonds. The molecule has 0 aliphatic rings. The molecule has 0 saturated carbocycles. The van der Waals surface area contributed by atoms with E-state index in [1.165, 1.54) is 0 Å². The monoisotopic (exact) mass is 476 g/mol. The number of hydrogen-bond acceptors (Lipinski definition) is 3. The van der Waals surface area contributed by atoms with E-state index in [1.807, 2.05) is 6.08 Å². The van der Waals surface area contributed by atoms with Crippen molar-refractivity contribution in [1.29, 1.82) is 0 Å². The van der Waals surface area contributed by atoms with Crippen molar-refractivity contribution in [3.05, 3.63) is 12.7 Å². The van der Waals surface area contributed by atoms with Crippen LogP contribution in [0.1, 0.15) is 68.7 Å². The van der Waals surface area contributed by atoms with Gasteiger partial charge in [-0.25, -0.2) is 0 Å². The largest absolute Gasteiger partial charge is 0.469 e. The van der Waals surface area contributed by atoms with Gasteiger partial charge in [-0.1, -0.05) is 68.4 Å². The molecule has 0 atom stereocenters. The summed E-state index contributed by atoms with van der Waals surface area (Å²) in [6.07, 6.45) is 2.96. The Kier molecular flexibility index (Phi) is 14.0. The lowest BCUT2D eigenvalue weighted by atomic mass is 10.5. The van der Waals surface area contributed by atoms with Gasteiger partial charge in [0, 0.05) is 6.04 Å². The van der Waals surface area contributed by atoms with Crippen molar-refractivity contribution in [2.24, 2.45) is 0 Å². The van der Waals surface area contributed by atoms with E-state index in [2.05, 4.69) is 68.9 Å². The zero-order valence-corrected chi connectivity index (χ0v) is 25.3. The fraction of sp³-hybridized carbons (Fsp3) is 0.909. The second-order valence-corrected chi connectivity index (χ2v) is 26.3. The summed E-state index contributed by atoms with van der Waals surface area (Å²) in [6.45, 7) is 24.9. The van der Waals surface area contributed by atoms with E-state index in [1.54, 1.807) is 0 Å². The van der Waals surface area contributed by atoms with Crippen LogP contribution in [-0.4, -0.2) is 33.8 Å². The van der Waals surface area contributed by atoms with Crippen molar-refractivity contribution >= 4 is 33.8 Å². The van der Waals surface area contributed by atoms with Gasteiger partial charge in [0.05, 0.1) is 0 Å². The first-order valence-corrected chi connectivity index (χ1v) is 22.0. The molecule has 0 aliphatic heterocycles. The molecule has 0 fully saturated rings. The third kappa shape index (κ3) is 7.84. The van der Waals surface area contributed by atoms with Crippen molar-refractivity contribution in [1.82, 2.24) is 0 Å². The lowest BCUT2D eigenvalue weighted by molar-refractivity contribution is 0.239. The summed E-state index contributed by atoms with van der Waals surface area (Å²) in [7, 11) is -8.37. The Morgan fingerprint density at radius 1 is 0.517 bits per heavy atom. The topological polar surface area (TPSA) is 27.7 Å². The molecule has 3 nitrogen and oxygen atoms in total. The number of hydrogen-bond donors (Lipinski definition) is 0. The standard InChI is InChI=1S/C22H52O3Si4/c1-11-21-22-29(23-26(12-2,13-3)14-4,24-27(15-5,16-6)17-7)25-28(18-8,19-9)20-10/h11H,1,12-22H2,2-10H3. The first kappa shape index (κ1) is 29.5. The summed E-state index contributed by atoms with van der Waals surface area (Å²) < 4.78 is 22.1. The third-order valence-electron chi connectivity index (χ3n) is 7.57. The van der Waals surface area contributed by atoms with Gasteiger partial charge in [-0.05, 0) is 60.8 Å². The number of rotatable bonds is 18. The van der Waals surface area contributed by atoms with Crippen LogP contribution < -0.4 is 0 Å². The van der Waals surface area contributed by atoms with Crippen molar-refractivity contribution in [3.8, 4) is 0 Å². The van der Waals surface area contributed by atoms with Crippen molar-refractivity contribution in [2.45, 2.75) is 129 Å². The molecule has 0 N–H and O–H groups in total. The molecule has 0 aromatic carbocycles. The lowest BCUT2D eigenvalue weighted by Gasteiger charge is -2.48. The van der Waals surface area contributed by atoms with Crippen LogP contribution in [0.4, 0.5) is 0 Å². The van der Waals surface area contributed by atoms with Gasteiger partial charge in [0.2, 0.25) is 0 Å². The molecular weight excluding hydrogens is 425 g/mol. The minimum atomic E-state index is -2.80.